The number of likely N-dealkylation sites (N-methyl/N-ethyl adjacent to an activating group) is 1. The quantitative estimate of drug-likeness (QED) is 0.899. The molecule has 0 atom stereocenters. The van der Waals surface area contributed by atoms with Crippen LogP contribution in [0.3, 0.4) is 0 Å². The van der Waals surface area contributed by atoms with Gasteiger partial charge in [-0.3, -0.25) is 0 Å². The van der Waals surface area contributed by atoms with Gasteiger partial charge in [0.1, 0.15) is 11.3 Å². The van der Waals surface area contributed by atoms with Crippen molar-refractivity contribution in [3.8, 4) is 5.75 Å². The van der Waals surface area contributed by atoms with Crippen LogP contribution in [0.15, 0.2) is 42.5 Å². The number of nitrogens with zero attached hydrogens (tertiary/aromatic N) is 1. The third kappa shape index (κ3) is 2.97. The number of aliphatic carboxylic acids is 1. The lowest BCUT2D eigenvalue weighted by Crippen LogP contribution is -2.54. The van der Waals surface area contributed by atoms with E-state index in [0.717, 1.165) is 28.1 Å². The molecule has 0 radical (unpaired) electrons. The Morgan fingerprint density at radius 2 is 1.72 bits per heavy atom. The molecule has 0 fully saturated rings. The highest BCUT2D eigenvalue weighted by atomic mass is 16.5. The standard InChI is InChI=1S/C21H25NO3/c1-14(2)25-19-15(3)8-7-11-18(19)22(4)21(20(23)24)12-16-9-5-6-10-17(16)13-21/h5-11,14H,12-13H2,1-4H3,(H,23,24). The zero-order chi connectivity index (χ0) is 18.2. The van der Waals surface area contributed by atoms with Crippen LogP contribution in [0.2, 0.25) is 0 Å². The first-order valence-electron chi connectivity index (χ1n) is 8.65. The Bertz CT molecular complexity index is 772. The van der Waals surface area contributed by atoms with E-state index in [2.05, 4.69) is 0 Å². The molecule has 1 N–H and O–H groups in total. The molecule has 132 valence electrons. The number of para-hydroxylation sites is 1. The van der Waals surface area contributed by atoms with Crippen molar-refractivity contribution in [2.75, 3.05) is 11.9 Å². The number of benzene rings is 2. The van der Waals surface area contributed by atoms with Crippen molar-refractivity contribution in [2.45, 2.75) is 45.3 Å². The van der Waals surface area contributed by atoms with Crippen molar-refractivity contribution in [1.82, 2.24) is 0 Å². The number of hydrogen-bond acceptors (Lipinski definition) is 3. The van der Waals surface area contributed by atoms with Gasteiger partial charge in [0, 0.05) is 19.9 Å². The zero-order valence-electron chi connectivity index (χ0n) is 15.2. The van der Waals surface area contributed by atoms with Gasteiger partial charge in [0.15, 0.2) is 0 Å². The van der Waals surface area contributed by atoms with Gasteiger partial charge >= 0.3 is 5.97 Å². The van der Waals surface area contributed by atoms with Crippen LogP contribution >= 0.6 is 0 Å². The molecule has 0 aromatic heterocycles. The average molecular weight is 339 g/mol. The van der Waals surface area contributed by atoms with E-state index in [1.165, 1.54) is 0 Å². The minimum absolute atomic E-state index is 0.0230. The largest absolute Gasteiger partial charge is 0.489 e. The lowest BCUT2D eigenvalue weighted by atomic mass is 9.92. The summed E-state index contributed by atoms with van der Waals surface area (Å²) in [6, 6.07) is 13.9. The second-order valence-electron chi connectivity index (χ2n) is 7.11. The highest BCUT2D eigenvalue weighted by Gasteiger charge is 2.48. The predicted molar refractivity (Wildman–Crippen MR) is 99.6 cm³/mol. The lowest BCUT2D eigenvalue weighted by molar-refractivity contribution is -0.143. The first kappa shape index (κ1) is 17.3. The minimum Gasteiger partial charge on any atom is -0.489 e. The highest BCUT2D eigenvalue weighted by Crippen LogP contribution is 2.41. The fraction of sp³-hybridized carbons (Fsp3) is 0.381. The summed E-state index contributed by atoms with van der Waals surface area (Å²) in [5.74, 6) is -0.0419. The van der Waals surface area contributed by atoms with E-state index in [4.69, 9.17) is 4.74 Å². The number of fused-ring (bicyclic) bond motifs is 1. The number of carbonyl (C=O) groups is 1. The molecule has 4 heteroatoms. The van der Waals surface area contributed by atoms with E-state index in [-0.39, 0.29) is 6.10 Å². The minimum atomic E-state index is -0.993. The maximum atomic E-state index is 12.3. The summed E-state index contributed by atoms with van der Waals surface area (Å²) in [6.07, 6.45) is 1.00. The van der Waals surface area contributed by atoms with E-state index >= 15 is 0 Å². The van der Waals surface area contributed by atoms with Crippen molar-refractivity contribution < 1.29 is 14.6 Å². The number of carboxylic acid groups (broad SMARTS) is 1. The second-order valence-corrected chi connectivity index (χ2v) is 7.11. The SMILES string of the molecule is Cc1cccc(N(C)C2(C(=O)O)Cc3ccccc3C2)c1OC(C)C. The van der Waals surface area contributed by atoms with Gasteiger partial charge in [0.05, 0.1) is 11.8 Å². The summed E-state index contributed by atoms with van der Waals surface area (Å²) in [7, 11) is 1.86. The maximum Gasteiger partial charge on any atom is 0.330 e. The molecule has 0 saturated carbocycles. The van der Waals surface area contributed by atoms with Crippen molar-refractivity contribution in [2.24, 2.45) is 0 Å². The molecular weight excluding hydrogens is 314 g/mol. The Hall–Kier alpha value is -2.49. The maximum absolute atomic E-state index is 12.3. The van der Waals surface area contributed by atoms with Crippen LogP contribution in [0, 0.1) is 6.92 Å². The molecule has 2 aromatic rings. The third-order valence-electron chi connectivity index (χ3n) is 5.03. The summed E-state index contributed by atoms with van der Waals surface area (Å²) < 4.78 is 6.02. The second kappa shape index (κ2) is 6.43. The molecule has 0 spiro atoms. The van der Waals surface area contributed by atoms with E-state index in [1.54, 1.807) is 0 Å². The molecule has 0 aliphatic heterocycles. The predicted octanol–water partition coefficient (Wildman–Crippen LogP) is 3.84. The first-order valence-corrected chi connectivity index (χ1v) is 8.65. The van der Waals surface area contributed by atoms with E-state index in [1.807, 2.05) is 75.2 Å². The summed E-state index contributed by atoms with van der Waals surface area (Å²) in [5.41, 5.74) is 3.05. The summed E-state index contributed by atoms with van der Waals surface area (Å²) in [4.78, 5) is 14.2. The van der Waals surface area contributed by atoms with Crippen molar-refractivity contribution in [3.63, 3.8) is 0 Å². The molecule has 2 aromatic carbocycles. The number of anilines is 1. The fourth-order valence-corrected chi connectivity index (χ4v) is 3.65. The smallest absolute Gasteiger partial charge is 0.330 e. The number of hydrogen-bond donors (Lipinski definition) is 1. The Morgan fingerprint density at radius 1 is 1.12 bits per heavy atom. The van der Waals surface area contributed by atoms with Gasteiger partial charge in [-0.2, -0.15) is 0 Å². The molecule has 1 aliphatic rings. The van der Waals surface area contributed by atoms with Crippen LogP contribution in [0.4, 0.5) is 5.69 Å². The molecule has 0 amide bonds. The van der Waals surface area contributed by atoms with Crippen molar-refractivity contribution in [1.29, 1.82) is 0 Å². The molecule has 3 rings (SSSR count). The Kier molecular flexibility index (Phi) is 4.46. The third-order valence-corrected chi connectivity index (χ3v) is 5.03. The van der Waals surface area contributed by atoms with Gasteiger partial charge in [-0.15, -0.1) is 0 Å². The van der Waals surface area contributed by atoms with Crippen molar-refractivity contribution >= 4 is 11.7 Å². The van der Waals surface area contributed by atoms with Crippen LogP contribution < -0.4 is 9.64 Å². The van der Waals surface area contributed by atoms with Gasteiger partial charge in [0.2, 0.25) is 0 Å². The summed E-state index contributed by atoms with van der Waals surface area (Å²) >= 11 is 0. The summed E-state index contributed by atoms with van der Waals surface area (Å²) in [5, 5.41) is 10.1. The Balaban J connectivity index is 2.06. The van der Waals surface area contributed by atoms with Crippen LogP contribution in [-0.4, -0.2) is 29.8 Å². The van der Waals surface area contributed by atoms with Gasteiger partial charge in [-0.05, 0) is 43.5 Å². The molecule has 25 heavy (non-hydrogen) atoms. The highest BCUT2D eigenvalue weighted by molar-refractivity contribution is 5.87. The molecule has 0 heterocycles. The number of carboxylic acids is 1. The summed E-state index contributed by atoms with van der Waals surface area (Å²) in [6.45, 7) is 5.95. The molecule has 1 aliphatic carbocycles. The van der Waals surface area contributed by atoms with E-state index in [9.17, 15) is 9.90 Å². The van der Waals surface area contributed by atoms with Gasteiger partial charge < -0.3 is 14.7 Å². The first-order chi connectivity index (χ1) is 11.8. The van der Waals surface area contributed by atoms with Crippen LogP contribution in [-0.2, 0) is 17.6 Å². The molecule has 4 nitrogen and oxygen atoms in total. The zero-order valence-corrected chi connectivity index (χ0v) is 15.2. The number of ether oxygens (including phenoxy) is 1. The van der Waals surface area contributed by atoms with Crippen LogP contribution in [0.5, 0.6) is 5.75 Å². The number of rotatable bonds is 5. The van der Waals surface area contributed by atoms with E-state index < -0.39 is 11.5 Å². The number of aryl methyl sites for hydroxylation is 1. The van der Waals surface area contributed by atoms with Crippen LogP contribution in [0.1, 0.15) is 30.5 Å². The topological polar surface area (TPSA) is 49.8 Å². The normalized spacial score (nSPS) is 15.1. The fourth-order valence-electron chi connectivity index (χ4n) is 3.65. The van der Waals surface area contributed by atoms with Crippen LogP contribution in [0.25, 0.3) is 0 Å². The average Bonchev–Trinajstić information content (AvgIpc) is 2.96. The Labute approximate surface area is 149 Å². The monoisotopic (exact) mass is 339 g/mol. The van der Waals surface area contributed by atoms with E-state index in [0.29, 0.717) is 12.8 Å². The lowest BCUT2D eigenvalue weighted by Gasteiger charge is -2.38. The molecule has 0 unspecified atom stereocenters. The van der Waals surface area contributed by atoms with Gasteiger partial charge in [-0.25, -0.2) is 4.79 Å². The molecule has 0 saturated heterocycles. The van der Waals surface area contributed by atoms with Gasteiger partial charge in [-0.1, -0.05) is 36.4 Å². The van der Waals surface area contributed by atoms with Crippen molar-refractivity contribution in [3.05, 3.63) is 59.2 Å². The molecule has 0 bridgehead atoms. The Morgan fingerprint density at radius 3 is 2.24 bits per heavy atom. The molecular formula is C21H25NO3. The van der Waals surface area contributed by atoms with Gasteiger partial charge in [0.25, 0.3) is 0 Å².